The number of hydrogen-bond acceptors (Lipinski definition) is 4. The van der Waals surface area contributed by atoms with Gasteiger partial charge in [0, 0.05) is 37.9 Å². The Morgan fingerprint density at radius 2 is 2.19 bits per heavy atom. The van der Waals surface area contributed by atoms with E-state index in [1.165, 1.54) is 0 Å². The van der Waals surface area contributed by atoms with Crippen LogP contribution in [0.1, 0.15) is 10.4 Å². The summed E-state index contributed by atoms with van der Waals surface area (Å²) in [6.07, 6.45) is 6.69. The van der Waals surface area contributed by atoms with Crippen LogP contribution in [-0.2, 0) is 0 Å². The molecular formula is C13H17Cl2N5O. The fourth-order valence-corrected chi connectivity index (χ4v) is 1.90. The van der Waals surface area contributed by atoms with Gasteiger partial charge in [0.2, 0.25) is 0 Å². The van der Waals surface area contributed by atoms with E-state index in [1.807, 2.05) is 12.1 Å². The van der Waals surface area contributed by atoms with E-state index in [0.29, 0.717) is 18.0 Å². The van der Waals surface area contributed by atoms with Gasteiger partial charge in [0.05, 0.1) is 23.6 Å². The van der Waals surface area contributed by atoms with E-state index in [0.717, 1.165) is 18.8 Å². The Balaban J connectivity index is 0.00000110. The molecule has 0 radical (unpaired) electrons. The van der Waals surface area contributed by atoms with Gasteiger partial charge in [-0.15, -0.1) is 24.8 Å². The van der Waals surface area contributed by atoms with Crippen LogP contribution in [0, 0.1) is 5.92 Å². The average Bonchev–Trinajstić information content (AvgIpc) is 2.87. The lowest BCUT2D eigenvalue weighted by Gasteiger charge is -2.26. The van der Waals surface area contributed by atoms with E-state index in [4.69, 9.17) is 0 Å². The van der Waals surface area contributed by atoms with Crippen molar-refractivity contribution in [2.24, 2.45) is 5.92 Å². The van der Waals surface area contributed by atoms with Crippen LogP contribution in [0.3, 0.4) is 0 Å². The number of aromatic nitrogens is 3. The summed E-state index contributed by atoms with van der Waals surface area (Å²) >= 11 is 0. The van der Waals surface area contributed by atoms with Gasteiger partial charge in [-0.3, -0.25) is 9.78 Å². The predicted octanol–water partition coefficient (Wildman–Crippen LogP) is 1.06. The van der Waals surface area contributed by atoms with Crippen LogP contribution in [0.25, 0.3) is 5.69 Å². The average molecular weight is 330 g/mol. The molecule has 0 atom stereocenters. The first kappa shape index (κ1) is 17.4. The van der Waals surface area contributed by atoms with Crippen molar-refractivity contribution in [2.75, 3.05) is 19.6 Å². The number of pyridine rings is 1. The van der Waals surface area contributed by atoms with Gasteiger partial charge in [-0.05, 0) is 12.1 Å². The van der Waals surface area contributed by atoms with Crippen molar-refractivity contribution in [1.29, 1.82) is 0 Å². The highest BCUT2D eigenvalue weighted by molar-refractivity contribution is 5.93. The monoisotopic (exact) mass is 329 g/mol. The van der Waals surface area contributed by atoms with Gasteiger partial charge in [-0.25, -0.2) is 4.68 Å². The van der Waals surface area contributed by atoms with E-state index in [9.17, 15) is 4.79 Å². The summed E-state index contributed by atoms with van der Waals surface area (Å²) in [6, 6.07) is 3.72. The number of nitrogens with zero attached hydrogens (tertiary/aromatic N) is 3. The van der Waals surface area contributed by atoms with Crippen molar-refractivity contribution in [1.82, 2.24) is 25.4 Å². The minimum absolute atomic E-state index is 0. The highest BCUT2D eigenvalue weighted by Crippen LogP contribution is 2.07. The van der Waals surface area contributed by atoms with E-state index >= 15 is 0 Å². The van der Waals surface area contributed by atoms with Crippen LogP contribution < -0.4 is 10.6 Å². The van der Waals surface area contributed by atoms with Crippen LogP contribution in [0.5, 0.6) is 0 Å². The SMILES string of the molecule is Cl.Cl.O=C(NCC1CNC1)c1cnn(-c2cccnc2)c1. The van der Waals surface area contributed by atoms with Crippen molar-refractivity contribution in [3.05, 3.63) is 42.5 Å². The third-order valence-corrected chi connectivity index (χ3v) is 3.17. The van der Waals surface area contributed by atoms with Crippen LogP contribution in [0.4, 0.5) is 0 Å². The molecule has 0 aliphatic carbocycles. The first-order valence-electron chi connectivity index (χ1n) is 6.27. The van der Waals surface area contributed by atoms with Gasteiger partial charge in [0.15, 0.2) is 0 Å². The molecule has 3 heterocycles. The van der Waals surface area contributed by atoms with E-state index in [-0.39, 0.29) is 30.7 Å². The predicted molar refractivity (Wildman–Crippen MR) is 84.5 cm³/mol. The maximum atomic E-state index is 11.9. The number of amides is 1. The molecule has 0 unspecified atom stereocenters. The summed E-state index contributed by atoms with van der Waals surface area (Å²) in [5, 5.41) is 10.3. The first-order chi connectivity index (χ1) is 9.33. The molecule has 2 N–H and O–H groups in total. The zero-order chi connectivity index (χ0) is 13.1. The van der Waals surface area contributed by atoms with E-state index < -0.39 is 0 Å². The second kappa shape index (κ2) is 7.97. The Kier molecular flexibility index (Phi) is 6.61. The lowest BCUT2D eigenvalue weighted by atomic mass is 10.0. The Morgan fingerprint density at radius 3 is 2.81 bits per heavy atom. The molecule has 0 aromatic carbocycles. The molecule has 21 heavy (non-hydrogen) atoms. The number of nitrogens with one attached hydrogen (secondary N) is 2. The summed E-state index contributed by atoms with van der Waals surface area (Å²) < 4.78 is 1.65. The topological polar surface area (TPSA) is 71.8 Å². The van der Waals surface area contributed by atoms with E-state index in [2.05, 4.69) is 20.7 Å². The van der Waals surface area contributed by atoms with Gasteiger partial charge in [-0.1, -0.05) is 0 Å². The number of carbonyl (C=O) groups excluding carboxylic acids is 1. The van der Waals surface area contributed by atoms with Crippen LogP contribution in [0.15, 0.2) is 36.9 Å². The van der Waals surface area contributed by atoms with Crippen molar-refractivity contribution in [2.45, 2.75) is 0 Å². The lowest BCUT2D eigenvalue weighted by molar-refractivity contribution is 0.0942. The summed E-state index contributed by atoms with van der Waals surface area (Å²) in [5.41, 5.74) is 1.40. The highest BCUT2D eigenvalue weighted by atomic mass is 35.5. The molecule has 1 fully saturated rings. The van der Waals surface area contributed by atoms with Crippen LogP contribution in [-0.4, -0.2) is 40.3 Å². The highest BCUT2D eigenvalue weighted by Gasteiger charge is 2.18. The zero-order valence-electron chi connectivity index (χ0n) is 11.2. The largest absolute Gasteiger partial charge is 0.352 e. The molecule has 114 valence electrons. The molecule has 1 aliphatic heterocycles. The third kappa shape index (κ3) is 4.17. The van der Waals surface area contributed by atoms with Gasteiger partial charge in [-0.2, -0.15) is 5.10 Å². The fourth-order valence-electron chi connectivity index (χ4n) is 1.90. The van der Waals surface area contributed by atoms with Gasteiger partial charge in [0.1, 0.15) is 0 Å². The summed E-state index contributed by atoms with van der Waals surface area (Å²) in [5.74, 6) is 0.472. The smallest absolute Gasteiger partial charge is 0.254 e. The zero-order valence-corrected chi connectivity index (χ0v) is 12.9. The number of hydrogen-bond donors (Lipinski definition) is 2. The molecule has 0 bridgehead atoms. The fraction of sp³-hybridized carbons (Fsp3) is 0.308. The van der Waals surface area contributed by atoms with Crippen LogP contribution in [0.2, 0.25) is 0 Å². The molecule has 2 aromatic heterocycles. The van der Waals surface area contributed by atoms with Crippen molar-refractivity contribution >= 4 is 30.7 Å². The minimum atomic E-state index is -0.0814. The van der Waals surface area contributed by atoms with Gasteiger partial charge < -0.3 is 10.6 Å². The number of halogens is 2. The van der Waals surface area contributed by atoms with Gasteiger partial charge in [0.25, 0.3) is 5.91 Å². The van der Waals surface area contributed by atoms with Crippen LogP contribution >= 0.6 is 24.8 Å². The standard InChI is InChI=1S/C13H15N5O.2ClH/c19-13(16-6-10-4-15-5-10)11-7-17-18(9-11)12-2-1-3-14-8-12;;/h1-3,7-10,15H,4-6H2,(H,16,19);2*1H. The Hall–Kier alpha value is -1.63. The molecule has 1 amide bonds. The van der Waals surface area contributed by atoms with Gasteiger partial charge >= 0.3 is 0 Å². The van der Waals surface area contributed by atoms with Crippen molar-refractivity contribution < 1.29 is 4.79 Å². The molecule has 6 nitrogen and oxygen atoms in total. The maximum Gasteiger partial charge on any atom is 0.254 e. The molecule has 0 spiro atoms. The first-order valence-corrected chi connectivity index (χ1v) is 6.27. The Morgan fingerprint density at radius 1 is 1.38 bits per heavy atom. The molecule has 1 aliphatic rings. The summed E-state index contributed by atoms with van der Waals surface area (Å²) in [7, 11) is 0. The minimum Gasteiger partial charge on any atom is -0.352 e. The van der Waals surface area contributed by atoms with E-state index in [1.54, 1.807) is 29.5 Å². The lowest BCUT2D eigenvalue weighted by Crippen LogP contribution is -2.48. The maximum absolute atomic E-state index is 11.9. The molecule has 8 heteroatoms. The molecule has 2 aromatic rings. The quantitative estimate of drug-likeness (QED) is 0.879. The second-order valence-electron chi connectivity index (χ2n) is 4.62. The molecule has 3 rings (SSSR count). The second-order valence-corrected chi connectivity index (χ2v) is 4.62. The molecule has 1 saturated heterocycles. The Labute approximate surface area is 135 Å². The third-order valence-electron chi connectivity index (χ3n) is 3.17. The Bertz CT molecular complexity index is 571. The normalized spacial score (nSPS) is 13.5. The molecular weight excluding hydrogens is 313 g/mol. The van der Waals surface area contributed by atoms with Crippen molar-refractivity contribution in [3.8, 4) is 5.69 Å². The number of carbonyl (C=O) groups is 1. The molecule has 0 saturated carbocycles. The van der Waals surface area contributed by atoms with Crippen molar-refractivity contribution in [3.63, 3.8) is 0 Å². The summed E-state index contributed by atoms with van der Waals surface area (Å²) in [4.78, 5) is 16.0. The number of rotatable bonds is 4. The summed E-state index contributed by atoms with van der Waals surface area (Å²) in [6.45, 7) is 2.67.